The number of benzene rings is 9. The molecule has 1 aliphatic carbocycles. The molecule has 1 aliphatic rings. The van der Waals surface area contributed by atoms with Crippen molar-refractivity contribution in [2.75, 3.05) is 0 Å². The molecule has 64 heavy (non-hydrogen) atoms. The summed E-state index contributed by atoms with van der Waals surface area (Å²) >= 11 is 0. The van der Waals surface area contributed by atoms with Crippen LogP contribution in [-0.2, 0) is 5.41 Å². The lowest BCUT2D eigenvalue weighted by atomic mass is 9.82. The fourth-order valence-corrected chi connectivity index (χ4v) is 9.96. The first-order valence-electron chi connectivity index (χ1n) is 21.9. The van der Waals surface area contributed by atoms with E-state index in [1.807, 2.05) is 36.4 Å². The van der Waals surface area contributed by atoms with Crippen molar-refractivity contribution in [3.05, 3.63) is 230 Å². The highest BCUT2D eigenvalue weighted by molar-refractivity contribution is 6.15. The molecule has 0 amide bonds. The molecule has 0 aliphatic heterocycles. The maximum absolute atomic E-state index is 5.19. The Morgan fingerprint density at radius 1 is 0.344 bits per heavy atom. The maximum Gasteiger partial charge on any atom is 0.164 e. The van der Waals surface area contributed by atoms with Crippen molar-refractivity contribution in [3.8, 4) is 84.4 Å². The highest BCUT2D eigenvalue weighted by atomic mass is 15.0. The second-order valence-electron chi connectivity index (χ2n) is 17.2. The number of aromatic nitrogens is 4. The lowest BCUT2D eigenvalue weighted by Crippen LogP contribution is -2.14. The van der Waals surface area contributed by atoms with Crippen LogP contribution in [0, 0.1) is 0 Å². The molecule has 4 heteroatoms. The third-order valence-electron chi connectivity index (χ3n) is 13.0. The van der Waals surface area contributed by atoms with Gasteiger partial charge in [-0.3, -0.25) is 0 Å². The van der Waals surface area contributed by atoms with E-state index in [-0.39, 0.29) is 5.41 Å². The normalized spacial score (nSPS) is 12.7. The van der Waals surface area contributed by atoms with E-state index in [1.54, 1.807) is 0 Å². The molecule has 0 bridgehead atoms. The van der Waals surface area contributed by atoms with Crippen molar-refractivity contribution in [2.45, 2.75) is 19.3 Å². The molecule has 0 fully saturated rings. The van der Waals surface area contributed by atoms with E-state index in [0.717, 1.165) is 55.7 Å². The smallest absolute Gasteiger partial charge is 0.164 e. The molecule has 0 unspecified atom stereocenters. The molecule has 11 aromatic rings. The van der Waals surface area contributed by atoms with Gasteiger partial charge in [0.05, 0.1) is 11.0 Å². The van der Waals surface area contributed by atoms with Gasteiger partial charge in [0.15, 0.2) is 17.5 Å². The first kappa shape index (κ1) is 37.5. The van der Waals surface area contributed by atoms with E-state index in [1.165, 1.54) is 44.2 Å². The van der Waals surface area contributed by atoms with Gasteiger partial charge in [-0.2, -0.15) is 0 Å². The Morgan fingerprint density at radius 2 is 0.859 bits per heavy atom. The van der Waals surface area contributed by atoms with Gasteiger partial charge < -0.3 is 4.57 Å². The Bertz CT molecular complexity index is 3500. The summed E-state index contributed by atoms with van der Waals surface area (Å²) in [5, 5.41) is 2.40. The number of fused-ring (bicyclic) bond motifs is 6. The van der Waals surface area contributed by atoms with Crippen molar-refractivity contribution in [2.24, 2.45) is 0 Å². The molecule has 0 spiro atoms. The summed E-state index contributed by atoms with van der Waals surface area (Å²) in [4.78, 5) is 15.4. The minimum absolute atomic E-state index is 0.0784. The maximum atomic E-state index is 5.19. The Kier molecular flexibility index (Phi) is 8.80. The number of hydrogen-bond acceptors (Lipinski definition) is 3. The zero-order valence-electron chi connectivity index (χ0n) is 35.6. The van der Waals surface area contributed by atoms with Crippen LogP contribution >= 0.6 is 0 Å². The molecule has 9 aromatic carbocycles. The summed E-state index contributed by atoms with van der Waals surface area (Å²) in [6.07, 6.45) is 0. The molecule has 2 aromatic heterocycles. The fraction of sp³-hybridized carbons (Fsp3) is 0.0500. The molecule has 12 rings (SSSR count). The standard InChI is InChI=1S/C60H42N4/c1-60(2)52-31-16-15-27-50(52)55-47(28-18-32-53(55)60)42-33-34-54-51(38-42)49-30-17-29-48(56(49)64(54)46-25-13-6-14-26-46)44-35-43(39-19-7-3-8-20-39)36-45(37-44)59-62-57(40-21-9-4-10-22-40)61-58(63-59)41-23-11-5-12-24-41/h3-38H,1-2H3. The van der Waals surface area contributed by atoms with Gasteiger partial charge in [-0.1, -0.05) is 190 Å². The summed E-state index contributed by atoms with van der Waals surface area (Å²) in [6.45, 7) is 4.70. The van der Waals surface area contributed by atoms with Gasteiger partial charge in [0.25, 0.3) is 0 Å². The van der Waals surface area contributed by atoms with Crippen LogP contribution < -0.4 is 0 Å². The van der Waals surface area contributed by atoms with E-state index in [4.69, 9.17) is 15.0 Å². The first-order valence-corrected chi connectivity index (χ1v) is 21.9. The predicted molar refractivity (Wildman–Crippen MR) is 264 cm³/mol. The zero-order chi connectivity index (χ0) is 42.8. The number of nitrogens with zero attached hydrogens (tertiary/aromatic N) is 4. The summed E-state index contributed by atoms with van der Waals surface area (Å²) in [5.74, 6) is 1.89. The molecule has 2 heterocycles. The number of hydrogen-bond donors (Lipinski definition) is 0. The fourth-order valence-electron chi connectivity index (χ4n) is 9.96. The third kappa shape index (κ3) is 6.18. The Labute approximate surface area is 372 Å². The minimum Gasteiger partial charge on any atom is -0.309 e. The molecule has 0 saturated carbocycles. The van der Waals surface area contributed by atoms with Crippen molar-refractivity contribution >= 4 is 21.8 Å². The zero-order valence-corrected chi connectivity index (χ0v) is 35.6. The monoisotopic (exact) mass is 818 g/mol. The number of rotatable bonds is 7. The topological polar surface area (TPSA) is 43.6 Å². The Hall–Kier alpha value is -8.21. The molecule has 0 saturated heterocycles. The van der Waals surface area contributed by atoms with Gasteiger partial charge in [-0.15, -0.1) is 0 Å². The second kappa shape index (κ2) is 15.0. The van der Waals surface area contributed by atoms with Gasteiger partial charge in [0.1, 0.15) is 0 Å². The van der Waals surface area contributed by atoms with E-state index < -0.39 is 0 Å². The molecule has 0 atom stereocenters. The van der Waals surface area contributed by atoms with Crippen LogP contribution in [0.2, 0.25) is 0 Å². The van der Waals surface area contributed by atoms with Gasteiger partial charge in [0.2, 0.25) is 0 Å². The van der Waals surface area contributed by atoms with Gasteiger partial charge in [0, 0.05) is 44.1 Å². The van der Waals surface area contributed by atoms with Crippen molar-refractivity contribution in [1.82, 2.24) is 19.5 Å². The summed E-state index contributed by atoms with van der Waals surface area (Å²) in [6, 6.07) is 78.0. The summed E-state index contributed by atoms with van der Waals surface area (Å²) in [5.41, 5.74) is 18.4. The SMILES string of the molecule is CC1(C)c2ccccc2-c2c(-c3ccc4c(c3)c3cccc(-c5cc(-c6ccccc6)cc(-c6nc(-c7ccccc7)nc(-c7ccccc7)n6)c5)c3n4-c3ccccc3)cccc21. The van der Waals surface area contributed by atoms with E-state index in [2.05, 4.69) is 200 Å². The second-order valence-corrected chi connectivity index (χ2v) is 17.2. The average Bonchev–Trinajstić information content (AvgIpc) is 3.82. The number of para-hydroxylation sites is 2. The highest BCUT2D eigenvalue weighted by Gasteiger charge is 2.36. The van der Waals surface area contributed by atoms with Crippen LogP contribution in [0.4, 0.5) is 0 Å². The molecule has 0 N–H and O–H groups in total. The summed E-state index contributed by atoms with van der Waals surface area (Å²) in [7, 11) is 0. The first-order chi connectivity index (χ1) is 31.5. The van der Waals surface area contributed by atoms with E-state index in [9.17, 15) is 0 Å². The van der Waals surface area contributed by atoms with Crippen LogP contribution in [0.15, 0.2) is 218 Å². The molecular formula is C60H42N4. The average molecular weight is 819 g/mol. The molecular weight excluding hydrogens is 777 g/mol. The van der Waals surface area contributed by atoms with Crippen molar-refractivity contribution < 1.29 is 0 Å². The van der Waals surface area contributed by atoms with Crippen molar-refractivity contribution in [3.63, 3.8) is 0 Å². The van der Waals surface area contributed by atoms with Crippen molar-refractivity contribution in [1.29, 1.82) is 0 Å². The quantitative estimate of drug-likeness (QED) is 0.161. The Balaban J connectivity index is 1.11. The van der Waals surface area contributed by atoms with Gasteiger partial charge in [-0.25, -0.2) is 15.0 Å². The molecule has 4 nitrogen and oxygen atoms in total. The lowest BCUT2D eigenvalue weighted by molar-refractivity contribution is 0.660. The molecule has 302 valence electrons. The third-order valence-corrected chi connectivity index (χ3v) is 13.0. The van der Waals surface area contributed by atoms with Gasteiger partial charge in [-0.05, 0) is 92.5 Å². The lowest BCUT2D eigenvalue weighted by Gasteiger charge is -2.21. The van der Waals surface area contributed by atoms with Crippen LogP contribution in [0.1, 0.15) is 25.0 Å². The predicted octanol–water partition coefficient (Wildman–Crippen LogP) is 15.3. The largest absolute Gasteiger partial charge is 0.309 e. The van der Waals surface area contributed by atoms with Crippen LogP contribution in [0.3, 0.4) is 0 Å². The summed E-state index contributed by atoms with van der Waals surface area (Å²) < 4.78 is 2.44. The minimum atomic E-state index is -0.0784. The van der Waals surface area contributed by atoms with E-state index >= 15 is 0 Å². The van der Waals surface area contributed by atoms with E-state index in [0.29, 0.717) is 17.5 Å². The van der Waals surface area contributed by atoms with Crippen LogP contribution in [-0.4, -0.2) is 19.5 Å². The highest BCUT2D eigenvalue weighted by Crippen LogP contribution is 2.52. The Morgan fingerprint density at radius 3 is 1.55 bits per heavy atom. The van der Waals surface area contributed by atoms with Gasteiger partial charge >= 0.3 is 0 Å². The molecule has 0 radical (unpaired) electrons. The van der Waals surface area contributed by atoms with Crippen LogP contribution in [0.25, 0.3) is 106 Å². The van der Waals surface area contributed by atoms with Crippen LogP contribution in [0.5, 0.6) is 0 Å².